The quantitative estimate of drug-likeness (QED) is 0.708. The lowest BCUT2D eigenvalue weighted by molar-refractivity contribution is 0.0531. The zero-order valence-electron chi connectivity index (χ0n) is 14.0. The van der Waals surface area contributed by atoms with Crippen molar-refractivity contribution >= 4 is 33.3 Å². The molecule has 0 fully saturated rings. The van der Waals surface area contributed by atoms with E-state index in [0.29, 0.717) is 29.7 Å². The third-order valence-corrected chi connectivity index (χ3v) is 4.64. The SMILES string of the molecule is CCOC(=O)c1sc2nc(C)nc(NCc3cc(C)no3)c2c1C. The van der Waals surface area contributed by atoms with Crippen LogP contribution in [0.2, 0.25) is 0 Å². The van der Waals surface area contributed by atoms with Gasteiger partial charge in [0.15, 0.2) is 5.76 Å². The number of nitrogens with zero attached hydrogens (tertiary/aromatic N) is 3. The summed E-state index contributed by atoms with van der Waals surface area (Å²) in [5, 5.41) is 7.96. The van der Waals surface area contributed by atoms with Crippen LogP contribution in [0.5, 0.6) is 0 Å². The number of thiophene rings is 1. The summed E-state index contributed by atoms with van der Waals surface area (Å²) in [6, 6.07) is 1.86. The predicted molar refractivity (Wildman–Crippen MR) is 91.4 cm³/mol. The maximum atomic E-state index is 12.1. The molecule has 0 bridgehead atoms. The first-order chi connectivity index (χ1) is 11.5. The summed E-state index contributed by atoms with van der Waals surface area (Å²) in [7, 11) is 0. The van der Waals surface area contributed by atoms with Crippen molar-refractivity contribution in [3.05, 3.63) is 33.8 Å². The second-order valence-corrected chi connectivity index (χ2v) is 6.36. The van der Waals surface area contributed by atoms with Crippen LogP contribution in [0, 0.1) is 20.8 Å². The van der Waals surface area contributed by atoms with Gasteiger partial charge in [0, 0.05) is 6.07 Å². The van der Waals surface area contributed by atoms with Crippen LogP contribution in [-0.4, -0.2) is 27.7 Å². The molecule has 0 saturated heterocycles. The molecular weight excluding hydrogens is 328 g/mol. The first kappa shape index (κ1) is 16.4. The van der Waals surface area contributed by atoms with E-state index in [-0.39, 0.29) is 5.97 Å². The van der Waals surface area contributed by atoms with Crippen LogP contribution < -0.4 is 5.32 Å². The fourth-order valence-electron chi connectivity index (χ4n) is 2.44. The van der Waals surface area contributed by atoms with E-state index in [2.05, 4.69) is 20.4 Å². The Morgan fingerprint density at radius 3 is 2.79 bits per heavy atom. The number of hydrogen-bond acceptors (Lipinski definition) is 8. The van der Waals surface area contributed by atoms with E-state index in [1.165, 1.54) is 11.3 Å². The number of fused-ring (bicyclic) bond motifs is 1. The number of aryl methyl sites for hydroxylation is 3. The Kier molecular flexibility index (Phi) is 4.48. The van der Waals surface area contributed by atoms with Crippen molar-refractivity contribution in [1.29, 1.82) is 0 Å². The molecule has 3 heterocycles. The highest BCUT2D eigenvalue weighted by Gasteiger charge is 2.21. The number of esters is 1. The van der Waals surface area contributed by atoms with Gasteiger partial charge in [0.1, 0.15) is 21.3 Å². The molecule has 0 unspecified atom stereocenters. The molecule has 0 amide bonds. The van der Waals surface area contributed by atoms with Crippen LogP contribution in [-0.2, 0) is 11.3 Å². The van der Waals surface area contributed by atoms with Gasteiger partial charge in [-0.05, 0) is 33.3 Å². The number of aromatic nitrogens is 3. The maximum absolute atomic E-state index is 12.1. The minimum absolute atomic E-state index is 0.326. The van der Waals surface area contributed by atoms with Gasteiger partial charge in [0.25, 0.3) is 0 Å². The van der Waals surface area contributed by atoms with E-state index >= 15 is 0 Å². The summed E-state index contributed by atoms with van der Waals surface area (Å²) in [6.07, 6.45) is 0. The highest BCUT2D eigenvalue weighted by atomic mass is 32.1. The van der Waals surface area contributed by atoms with E-state index in [4.69, 9.17) is 9.26 Å². The van der Waals surface area contributed by atoms with Crippen molar-refractivity contribution in [3.63, 3.8) is 0 Å². The molecule has 0 aliphatic heterocycles. The summed E-state index contributed by atoms with van der Waals surface area (Å²) >= 11 is 1.32. The van der Waals surface area contributed by atoms with E-state index in [1.807, 2.05) is 26.8 Å². The van der Waals surface area contributed by atoms with Gasteiger partial charge < -0.3 is 14.6 Å². The molecule has 126 valence electrons. The van der Waals surface area contributed by atoms with Crippen LogP contribution in [0.15, 0.2) is 10.6 Å². The van der Waals surface area contributed by atoms with Crippen molar-refractivity contribution in [1.82, 2.24) is 15.1 Å². The minimum atomic E-state index is -0.326. The molecule has 0 aliphatic rings. The Labute approximate surface area is 143 Å². The Morgan fingerprint density at radius 1 is 1.33 bits per heavy atom. The largest absolute Gasteiger partial charge is 0.462 e. The molecule has 0 spiro atoms. The number of nitrogens with one attached hydrogen (secondary N) is 1. The first-order valence-electron chi connectivity index (χ1n) is 7.60. The lowest BCUT2D eigenvalue weighted by atomic mass is 10.2. The Balaban J connectivity index is 1.98. The van der Waals surface area contributed by atoms with E-state index in [1.54, 1.807) is 6.92 Å². The monoisotopic (exact) mass is 346 g/mol. The second kappa shape index (κ2) is 6.56. The number of ether oxygens (including phenoxy) is 1. The smallest absolute Gasteiger partial charge is 0.348 e. The van der Waals surface area contributed by atoms with Gasteiger partial charge in [-0.15, -0.1) is 11.3 Å². The fourth-order valence-corrected chi connectivity index (χ4v) is 3.56. The molecule has 0 saturated carbocycles. The summed E-state index contributed by atoms with van der Waals surface area (Å²) in [6.45, 7) is 8.16. The predicted octanol–water partition coefficient (Wildman–Crippen LogP) is 3.39. The van der Waals surface area contributed by atoms with Crippen LogP contribution in [0.25, 0.3) is 10.2 Å². The normalized spacial score (nSPS) is 11.0. The summed E-state index contributed by atoms with van der Waals surface area (Å²) in [5.74, 6) is 1.70. The third-order valence-electron chi connectivity index (χ3n) is 3.47. The van der Waals surface area contributed by atoms with Crippen LogP contribution in [0.1, 0.15) is 39.4 Å². The van der Waals surface area contributed by atoms with Crippen molar-refractivity contribution in [3.8, 4) is 0 Å². The van der Waals surface area contributed by atoms with Gasteiger partial charge in [-0.3, -0.25) is 0 Å². The third kappa shape index (κ3) is 3.09. The highest BCUT2D eigenvalue weighted by Crippen LogP contribution is 2.34. The molecule has 24 heavy (non-hydrogen) atoms. The Bertz CT molecular complexity index is 900. The lowest BCUT2D eigenvalue weighted by Gasteiger charge is -2.07. The molecule has 7 nitrogen and oxygen atoms in total. The Morgan fingerprint density at radius 2 is 2.12 bits per heavy atom. The number of rotatable bonds is 5. The van der Waals surface area contributed by atoms with Crippen LogP contribution in [0.3, 0.4) is 0 Å². The zero-order valence-corrected chi connectivity index (χ0v) is 14.8. The fraction of sp³-hybridized carbons (Fsp3) is 0.375. The molecule has 0 aromatic carbocycles. The number of anilines is 1. The summed E-state index contributed by atoms with van der Waals surface area (Å²) in [4.78, 5) is 22.3. The van der Waals surface area contributed by atoms with E-state index in [0.717, 1.165) is 27.2 Å². The van der Waals surface area contributed by atoms with Gasteiger partial charge in [-0.1, -0.05) is 5.16 Å². The van der Waals surface area contributed by atoms with Crippen molar-refractivity contribution in [2.75, 3.05) is 11.9 Å². The van der Waals surface area contributed by atoms with Gasteiger partial charge in [0.2, 0.25) is 0 Å². The topological polar surface area (TPSA) is 90.1 Å². The average Bonchev–Trinajstić information content (AvgIpc) is 3.09. The molecule has 3 aromatic rings. The Hall–Kier alpha value is -2.48. The second-order valence-electron chi connectivity index (χ2n) is 5.36. The molecule has 0 radical (unpaired) electrons. The van der Waals surface area contributed by atoms with Crippen LogP contribution in [0.4, 0.5) is 5.82 Å². The molecule has 1 N–H and O–H groups in total. The number of carbonyl (C=O) groups excluding carboxylic acids is 1. The standard InChI is InChI=1S/C16H18N4O3S/c1-5-22-16(21)13-9(3)12-14(18-10(4)19-15(12)24-13)17-7-11-6-8(2)20-23-11/h6H,5,7H2,1-4H3,(H,17,18,19). The van der Waals surface area contributed by atoms with E-state index < -0.39 is 0 Å². The zero-order chi connectivity index (χ0) is 17.3. The molecule has 0 aliphatic carbocycles. The minimum Gasteiger partial charge on any atom is -0.462 e. The van der Waals surface area contributed by atoms with Gasteiger partial charge >= 0.3 is 5.97 Å². The van der Waals surface area contributed by atoms with Crippen LogP contribution >= 0.6 is 11.3 Å². The van der Waals surface area contributed by atoms with Gasteiger partial charge in [-0.25, -0.2) is 14.8 Å². The first-order valence-corrected chi connectivity index (χ1v) is 8.42. The number of hydrogen-bond donors (Lipinski definition) is 1. The van der Waals surface area contributed by atoms with Crippen molar-refractivity contribution in [2.45, 2.75) is 34.2 Å². The maximum Gasteiger partial charge on any atom is 0.348 e. The highest BCUT2D eigenvalue weighted by molar-refractivity contribution is 7.20. The summed E-state index contributed by atoms with van der Waals surface area (Å²) < 4.78 is 10.3. The molecule has 0 atom stereocenters. The van der Waals surface area contributed by atoms with Gasteiger partial charge in [-0.2, -0.15) is 0 Å². The molecule has 3 rings (SSSR count). The number of carbonyl (C=O) groups is 1. The molecular formula is C16H18N4O3S. The lowest BCUT2D eigenvalue weighted by Crippen LogP contribution is -2.05. The average molecular weight is 346 g/mol. The molecule has 8 heteroatoms. The van der Waals surface area contributed by atoms with E-state index in [9.17, 15) is 4.79 Å². The van der Waals surface area contributed by atoms with Crippen molar-refractivity contribution < 1.29 is 14.1 Å². The molecule has 3 aromatic heterocycles. The summed E-state index contributed by atoms with van der Waals surface area (Å²) in [5.41, 5.74) is 1.65. The van der Waals surface area contributed by atoms with Gasteiger partial charge in [0.05, 0.1) is 24.2 Å². The van der Waals surface area contributed by atoms with Crippen molar-refractivity contribution in [2.24, 2.45) is 0 Å².